The molecule has 0 bridgehead atoms. The van der Waals surface area contributed by atoms with Gasteiger partial charge in [0.1, 0.15) is 10.9 Å². The molecular weight excluding hydrogens is 394 g/mol. The Kier molecular flexibility index (Phi) is 5.17. The first-order valence-electron chi connectivity index (χ1n) is 4.69. The first-order valence-corrected chi connectivity index (χ1v) is 7.72. The molecule has 1 rings (SSSR count). The highest BCUT2D eigenvalue weighted by molar-refractivity contribution is 9.10. The molecular formula is C9H7BrCl2F3NO2S. The summed E-state index contributed by atoms with van der Waals surface area (Å²) in [6, 6.07) is 0.0982. The van der Waals surface area contributed by atoms with Crippen LogP contribution in [-0.2, 0) is 10.0 Å². The fraction of sp³-hybridized carbons (Fsp3) is 0.333. The summed E-state index contributed by atoms with van der Waals surface area (Å²) in [4.78, 5) is -0.515. The van der Waals surface area contributed by atoms with Crippen molar-refractivity contribution in [3.8, 4) is 0 Å². The van der Waals surface area contributed by atoms with Gasteiger partial charge >= 0.3 is 6.18 Å². The number of alkyl halides is 3. The molecule has 108 valence electrons. The smallest absolute Gasteiger partial charge is 0.207 e. The van der Waals surface area contributed by atoms with E-state index in [1.807, 2.05) is 0 Å². The molecule has 0 heterocycles. The number of hydrogen-bond acceptors (Lipinski definition) is 2. The van der Waals surface area contributed by atoms with Crippen molar-refractivity contribution in [3.05, 3.63) is 26.7 Å². The first-order chi connectivity index (χ1) is 8.47. The molecule has 3 nitrogen and oxygen atoms in total. The molecule has 0 spiro atoms. The quantitative estimate of drug-likeness (QED) is 0.780. The van der Waals surface area contributed by atoms with Gasteiger partial charge in [-0.2, -0.15) is 17.9 Å². The van der Waals surface area contributed by atoms with Gasteiger partial charge < -0.3 is 0 Å². The number of sulfonamides is 1. The minimum absolute atomic E-state index is 0.0933. The van der Waals surface area contributed by atoms with Crippen LogP contribution in [-0.4, -0.2) is 20.6 Å². The summed E-state index contributed by atoms with van der Waals surface area (Å²) >= 11 is 14.5. The lowest BCUT2D eigenvalue weighted by molar-refractivity contribution is -0.147. The van der Waals surface area contributed by atoms with E-state index in [0.29, 0.717) is 11.4 Å². The minimum atomic E-state index is -4.70. The van der Waals surface area contributed by atoms with Crippen molar-refractivity contribution in [2.75, 3.05) is 0 Å². The molecule has 0 aliphatic heterocycles. The van der Waals surface area contributed by atoms with E-state index in [9.17, 15) is 21.6 Å². The lowest BCUT2D eigenvalue weighted by atomic mass is 10.4. The lowest BCUT2D eigenvalue weighted by Gasteiger charge is -2.18. The van der Waals surface area contributed by atoms with Gasteiger partial charge in [0.25, 0.3) is 0 Å². The molecule has 0 fully saturated rings. The van der Waals surface area contributed by atoms with Crippen molar-refractivity contribution in [3.63, 3.8) is 0 Å². The standard InChI is InChI=1S/C9H7BrCl2F3NO2S/c1-4(9(13,14)15)16-19(17,18)6-3-2-5(10)7(11)8(6)12/h2-4,16H,1H3/t4-/m0/s1. The molecule has 0 aliphatic carbocycles. The molecule has 10 heteroatoms. The van der Waals surface area contributed by atoms with E-state index in [2.05, 4.69) is 15.9 Å². The molecule has 0 radical (unpaired) electrons. The third kappa shape index (κ3) is 3.98. The van der Waals surface area contributed by atoms with Gasteiger partial charge in [-0.25, -0.2) is 8.42 Å². The van der Waals surface area contributed by atoms with E-state index >= 15 is 0 Å². The molecule has 0 amide bonds. The fourth-order valence-corrected chi connectivity index (χ4v) is 3.52. The normalized spacial score (nSPS) is 14.5. The molecule has 19 heavy (non-hydrogen) atoms. The number of hydrogen-bond donors (Lipinski definition) is 1. The molecule has 1 aromatic rings. The molecule has 0 unspecified atom stereocenters. The summed E-state index contributed by atoms with van der Waals surface area (Å²) in [5.41, 5.74) is 0. The van der Waals surface area contributed by atoms with E-state index in [1.54, 1.807) is 0 Å². The Morgan fingerprint density at radius 1 is 1.26 bits per heavy atom. The summed E-state index contributed by atoms with van der Waals surface area (Å²) in [6.07, 6.45) is -4.70. The summed E-state index contributed by atoms with van der Waals surface area (Å²) in [6.45, 7) is 0.686. The van der Waals surface area contributed by atoms with Crippen molar-refractivity contribution < 1.29 is 21.6 Å². The number of nitrogens with one attached hydrogen (secondary N) is 1. The van der Waals surface area contributed by atoms with E-state index < -0.39 is 27.1 Å². The van der Waals surface area contributed by atoms with Crippen molar-refractivity contribution in [2.45, 2.75) is 24.0 Å². The second kappa shape index (κ2) is 5.77. The molecule has 0 aliphatic rings. The average Bonchev–Trinajstić information content (AvgIpc) is 2.23. The molecule has 0 aromatic heterocycles. The molecule has 0 saturated heterocycles. The van der Waals surface area contributed by atoms with Gasteiger partial charge in [-0.1, -0.05) is 23.2 Å². The minimum Gasteiger partial charge on any atom is -0.207 e. The second-order valence-electron chi connectivity index (χ2n) is 3.56. The maximum atomic E-state index is 12.3. The van der Waals surface area contributed by atoms with Crippen molar-refractivity contribution in [1.29, 1.82) is 0 Å². The van der Waals surface area contributed by atoms with Crippen molar-refractivity contribution in [1.82, 2.24) is 4.72 Å². The van der Waals surface area contributed by atoms with Crippen LogP contribution in [0.15, 0.2) is 21.5 Å². The molecule has 1 atom stereocenters. The maximum absolute atomic E-state index is 12.3. The van der Waals surface area contributed by atoms with E-state index in [-0.39, 0.29) is 10.0 Å². The predicted octanol–water partition coefficient (Wildman–Crippen LogP) is 3.99. The first kappa shape index (κ1) is 17.0. The van der Waals surface area contributed by atoms with E-state index in [0.717, 1.165) is 6.07 Å². The van der Waals surface area contributed by atoms with Crippen LogP contribution in [0.25, 0.3) is 0 Å². The Morgan fingerprint density at radius 3 is 2.26 bits per heavy atom. The predicted molar refractivity (Wildman–Crippen MR) is 70.0 cm³/mol. The van der Waals surface area contributed by atoms with Crippen molar-refractivity contribution >= 4 is 49.2 Å². The number of benzene rings is 1. The Hall–Kier alpha value is -0.0200. The van der Waals surface area contributed by atoms with Gasteiger partial charge in [0.05, 0.1) is 10.0 Å². The number of rotatable bonds is 3. The number of halogens is 6. The third-order valence-electron chi connectivity index (χ3n) is 2.11. The second-order valence-corrected chi connectivity index (χ2v) is 6.85. The summed E-state index contributed by atoms with van der Waals surface area (Å²) in [5, 5.41) is -0.442. The third-order valence-corrected chi connectivity index (χ3v) is 5.58. The Morgan fingerprint density at radius 2 is 1.79 bits per heavy atom. The van der Waals surface area contributed by atoms with Gasteiger partial charge in [0.2, 0.25) is 10.0 Å². The van der Waals surface area contributed by atoms with Crippen LogP contribution >= 0.6 is 39.1 Å². The Balaban J connectivity index is 3.19. The van der Waals surface area contributed by atoms with Gasteiger partial charge in [-0.15, -0.1) is 0 Å². The zero-order chi connectivity index (χ0) is 15.0. The summed E-state index contributed by atoms with van der Waals surface area (Å²) in [7, 11) is -4.42. The molecule has 0 saturated carbocycles. The van der Waals surface area contributed by atoms with Crippen molar-refractivity contribution in [2.24, 2.45) is 0 Å². The monoisotopic (exact) mass is 399 g/mol. The van der Waals surface area contributed by atoms with Crippen LogP contribution in [0.4, 0.5) is 13.2 Å². The molecule has 1 N–H and O–H groups in total. The highest BCUT2D eigenvalue weighted by Gasteiger charge is 2.39. The fourth-order valence-electron chi connectivity index (χ4n) is 1.08. The summed E-state index contributed by atoms with van der Waals surface area (Å²) < 4.78 is 62.5. The zero-order valence-electron chi connectivity index (χ0n) is 9.22. The SMILES string of the molecule is C[C@H](NS(=O)(=O)c1ccc(Br)c(Cl)c1Cl)C(F)(F)F. The highest BCUT2D eigenvalue weighted by atomic mass is 79.9. The average molecular weight is 401 g/mol. The van der Waals surface area contributed by atoms with Crippen LogP contribution in [0.3, 0.4) is 0 Å². The van der Waals surface area contributed by atoms with Crippen LogP contribution in [0.2, 0.25) is 10.0 Å². The van der Waals surface area contributed by atoms with Crippen LogP contribution in [0, 0.1) is 0 Å². The van der Waals surface area contributed by atoms with E-state index in [1.165, 1.54) is 10.8 Å². The highest BCUT2D eigenvalue weighted by Crippen LogP contribution is 2.35. The van der Waals surface area contributed by atoms with Crippen LogP contribution in [0.5, 0.6) is 0 Å². The lowest BCUT2D eigenvalue weighted by Crippen LogP contribution is -2.43. The largest absolute Gasteiger partial charge is 0.404 e. The van der Waals surface area contributed by atoms with Gasteiger partial charge in [0.15, 0.2) is 0 Å². The Bertz CT molecular complexity index is 592. The van der Waals surface area contributed by atoms with Crippen LogP contribution in [0.1, 0.15) is 6.92 Å². The topological polar surface area (TPSA) is 46.2 Å². The summed E-state index contributed by atoms with van der Waals surface area (Å²) in [5.74, 6) is 0. The van der Waals surface area contributed by atoms with E-state index in [4.69, 9.17) is 23.2 Å². The van der Waals surface area contributed by atoms with Crippen LogP contribution < -0.4 is 4.72 Å². The van der Waals surface area contributed by atoms with Gasteiger partial charge in [-0.3, -0.25) is 0 Å². The van der Waals surface area contributed by atoms with Gasteiger partial charge in [0, 0.05) is 4.47 Å². The maximum Gasteiger partial charge on any atom is 0.404 e. The Labute approximate surface area is 126 Å². The molecule has 1 aromatic carbocycles. The van der Waals surface area contributed by atoms with Gasteiger partial charge in [-0.05, 0) is 35.0 Å². The zero-order valence-corrected chi connectivity index (χ0v) is 13.1.